The average molecular weight is 568 g/mol. The fraction of sp³-hybridized carbons (Fsp3) is 0.206. The molecule has 0 atom stereocenters. The van der Waals surface area contributed by atoms with Crippen LogP contribution in [0.3, 0.4) is 0 Å². The molecule has 1 aromatic heterocycles. The van der Waals surface area contributed by atoms with Crippen molar-refractivity contribution in [3.05, 3.63) is 118 Å². The lowest BCUT2D eigenvalue weighted by molar-refractivity contribution is 0.0787. The fourth-order valence-electron chi connectivity index (χ4n) is 4.54. The van der Waals surface area contributed by atoms with Crippen LogP contribution in [0.15, 0.2) is 90.4 Å². The molecule has 6 nitrogen and oxygen atoms in total. The predicted molar refractivity (Wildman–Crippen MR) is 167 cm³/mol. The van der Waals surface area contributed by atoms with E-state index in [1.807, 2.05) is 77.1 Å². The number of nitrogens with zero attached hydrogens (tertiary/aromatic N) is 2. The summed E-state index contributed by atoms with van der Waals surface area (Å²) in [6, 6.07) is 20.1. The van der Waals surface area contributed by atoms with Crippen LogP contribution < -0.4 is 5.32 Å². The number of aromatic nitrogens is 1. The van der Waals surface area contributed by atoms with Gasteiger partial charge < -0.3 is 15.0 Å². The van der Waals surface area contributed by atoms with E-state index in [0.29, 0.717) is 39.8 Å². The van der Waals surface area contributed by atoms with Gasteiger partial charge in [0, 0.05) is 34.3 Å². The van der Waals surface area contributed by atoms with Gasteiger partial charge in [-0.25, -0.2) is 4.98 Å². The zero-order valence-electron chi connectivity index (χ0n) is 24.2. The maximum atomic E-state index is 13.6. The summed E-state index contributed by atoms with van der Waals surface area (Å²) < 4.78 is 5.77. The smallest absolute Gasteiger partial charge is 0.256 e. The minimum Gasteiger partial charge on any atom is -0.465 e. The van der Waals surface area contributed by atoms with Crippen LogP contribution >= 0.6 is 11.6 Å². The third kappa shape index (κ3) is 6.84. The molecule has 41 heavy (non-hydrogen) atoms. The number of ether oxygens (including phenoxy) is 1. The number of halogens is 1. The molecule has 0 fully saturated rings. The van der Waals surface area contributed by atoms with Crippen molar-refractivity contribution in [1.82, 2.24) is 9.88 Å². The monoisotopic (exact) mass is 567 g/mol. The number of pyridine rings is 1. The molecule has 210 valence electrons. The summed E-state index contributed by atoms with van der Waals surface area (Å²) in [5.74, 6) is 1.03. The van der Waals surface area contributed by atoms with Gasteiger partial charge in [0.1, 0.15) is 5.76 Å². The molecule has 4 aromatic rings. The van der Waals surface area contributed by atoms with Crippen LogP contribution in [0, 0.1) is 13.8 Å². The SMILES string of the molecule is C/C=C(/C)O/C(=C\C)CN(C)C(=O)c1ccc(NC(=O)c2cc(-c3ccccc3Cl)nc3c(C)cc(C)cc23)cc1. The molecular formula is C34H34ClN3O3. The number of anilines is 1. The number of hydrogen-bond acceptors (Lipinski definition) is 4. The average Bonchev–Trinajstić information content (AvgIpc) is 2.96. The quantitative estimate of drug-likeness (QED) is 0.217. The molecule has 0 radical (unpaired) electrons. The van der Waals surface area contributed by atoms with Gasteiger partial charge in [0.15, 0.2) is 0 Å². The van der Waals surface area contributed by atoms with Crippen molar-refractivity contribution in [3.8, 4) is 11.3 Å². The molecule has 0 unspecified atom stereocenters. The highest BCUT2D eigenvalue weighted by Gasteiger charge is 2.18. The predicted octanol–water partition coefficient (Wildman–Crippen LogP) is 8.34. The van der Waals surface area contributed by atoms with Crippen molar-refractivity contribution in [2.24, 2.45) is 0 Å². The second-order valence-corrected chi connectivity index (χ2v) is 10.4. The summed E-state index contributed by atoms with van der Waals surface area (Å²) in [7, 11) is 1.73. The van der Waals surface area contributed by atoms with Gasteiger partial charge in [-0.05, 0) is 94.8 Å². The molecule has 0 saturated heterocycles. The Labute approximate surface area is 246 Å². The molecule has 2 amide bonds. The van der Waals surface area contributed by atoms with Gasteiger partial charge in [-0.1, -0.05) is 41.4 Å². The minimum atomic E-state index is -0.277. The number of amides is 2. The molecule has 1 N–H and O–H groups in total. The highest BCUT2D eigenvalue weighted by atomic mass is 35.5. The van der Waals surface area contributed by atoms with Gasteiger partial charge in [0.2, 0.25) is 0 Å². The van der Waals surface area contributed by atoms with E-state index in [1.54, 1.807) is 48.3 Å². The Bertz CT molecular complexity index is 1670. The van der Waals surface area contributed by atoms with E-state index >= 15 is 0 Å². The van der Waals surface area contributed by atoms with Crippen LogP contribution in [0.25, 0.3) is 22.2 Å². The maximum Gasteiger partial charge on any atom is 0.256 e. The number of benzene rings is 3. The van der Waals surface area contributed by atoms with E-state index < -0.39 is 0 Å². The van der Waals surface area contributed by atoms with E-state index in [1.165, 1.54) is 0 Å². The minimum absolute atomic E-state index is 0.153. The third-order valence-electron chi connectivity index (χ3n) is 6.79. The summed E-state index contributed by atoms with van der Waals surface area (Å²) in [5, 5.41) is 4.31. The van der Waals surface area contributed by atoms with Crippen LogP contribution in [-0.4, -0.2) is 35.3 Å². The van der Waals surface area contributed by atoms with E-state index in [2.05, 4.69) is 5.32 Å². The molecule has 7 heteroatoms. The molecule has 0 saturated carbocycles. The van der Waals surface area contributed by atoms with Crippen molar-refractivity contribution in [1.29, 1.82) is 0 Å². The molecule has 3 aromatic carbocycles. The van der Waals surface area contributed by atoms with Gasteiger partial charge in [-0.3, -0.25) is 9.59 Å². The van der Waals surface area contributed by atoms with Crippen molar-refractivity contribution in [2.45, 2.75) is 34.6 Å². The maximum absolute atomic E-state index is 13.6. The van der Waals surface area contributed by atoms with Gasteiger partial charge in [-0.2, -0.15) is 0 Å². The summed E-state index contributed by atoms with van der Waals surface area (Å²) in [5.41, 5.74) is 5.71. The zero-order valence-corrected chi connectivity index (χ0v) is 25.0. The lowest BCUT2D eigenvalue weighted by atomic mass is 9.99. The van der Waals surface area contributed by atoms with Crippen LogP contribution in [0.1, 0.15) is 52.6 Å². The zero-order chi connectivity index (χ0) is 29.7. The highest BCUT2D eigenvalue weighted by Crippen LogP contribution is 2.32. The Morgan fingerprint density at radius 3 is 2.37 bits per heavy atom. The third-order valence-corrected chi connectivity index (χ3v) is 7.12. The topological polar surface area (TPSA) is 71.5 Å². The first-order valence-corrected chi connectivity index (χ1v) is 13.8. The van der Waals surface area contributed by atoms with Gasteiger partial charge in [-0.15, -0.1) is 0 Å². The van der Waals surface area contributed by atoms with Crippen molar-refractivity contribution < 1.29 is 14.3 Å². The fourth-order valence-corrected chi connectivity index (χ4v) is 4.78. The highest BCUT2D eigenvalue weighted by molar-refractivity contribution is 6.33. The number of fused-ring (bicyclic) bond motifs is 1. The number of carbonyl (C=O) groups excluding carboxylic acids is 2. The molecule has 0 aliphatic heterocycles. The van der Waals surface area contributed by atoms with Crippen molar-refractivity contribution in [3.63, 3.8) is 0 Å². The normalized spacial score (nSPS) is 11.9. The summed E-state index contributed by atoms with van der Waals surface area (Å²) >= 11 is 6.48. The van der Waals surface area contributed by atoms with Gasteiger partial charge >= 0.3 is 0 Å². The summed E-state index contributed by atoms with van der Waals surface area (Å²) in [6.07, 6.45) is 3.71. The molecular weight excluding hydrogens is 534 g/mol. The van der Waals surface area contributed by atoms with E-state index in [4.69, 9.17) is 21.3 Å². The first-order chi connectivity index (χ1) is 19.6. The van der Waals surface area contributed by atoms with E-state index in [-0.39, 0.29) is 11.8 Å². The lowest BCUT2D eigenvalue weighted by Gasteiger charge is -2.20. The van der Waals surface area contributed by atoms with Gasteiger partial charge in [0.05, 0.1) is 29.1 Å². The summed E-state index contributed by atoms with van der Waals surface area (Å²) in [4.78, 5) is 33.1. The Balaban J connectivity index is 1.59. The molecule has 0 aliphatic carbocycles. The van der Waals surface area contributed by atoms with Crippen LogP contribution in [0.2, 0.25) is 5.02 Å². The molecule has 4 rings (SSSR count). The second-order valence-electron chi connectivity index (χ2n) is 9.96. The lowest BCUT2D eigenvalue weighted by Crippen LogP contribution is -2.29. The van der Waals surface area contributed by atoms with Crippen LogP contribution in [0.5, 0.6) is 0 Å². The van der Waals surface area contributed by atoms with Crippen LogP contribution in [-0.2, 0) is 4.74 Å². The van der Waals surface area contributed by atoms with E-state index in [0.717, 1.165) is 33.4 Å². The number of hydrogen-bond donors (Lipinski definition) is 1. The number of aryl methyl sites for hydroxylation is 2. The number of allylic oxidation sites excluding steroid dienone is 3. The Kier molecular flexibility index (Phi) is 9.25. The molecule has 0 aliphatic rings. The van der Waals surface area contributed by atoms with Crippen molar-refractivity contribution >= 4 is 40.0 Å². The number of nitrogens with one attached hydrogen (secondary N) is 1. The Morgan fingerprint density at radius 1 is 1.00 bits per heavy atom. The Hall–Kier alpha value is -4.42. The molecule has 0 bridgehead atoms. The Morgan fingerprint density at radius 2 is 1.71 bits per heavy atom. The standard InChI is InChI=1S/C34H34ClN3O3/c1-7-23(5)41-26(8-2)20-38(6)34(40)24-13-15-25(16-14-24)36-33(39)29-19-31(27-11-9-10-12-30(27)35)37-32-22(4)17-21(3)18-28(29)32/h7-19H,20H2,1-6H3,(H,36,39)/b23-7-,26-8-. The number of rotatable bonds is 8. The molecule has 0 spiro atoms. The molecule has 1 heterocycles. The first-order valence-electron chi connectivity index (χ1n) is 13.4. The van der Waals surface area contributed by atoms with E-state index in [9.17, 15) is 9.59 Å². The number of carbonyl (C=O) groups is 2. The van der Waals surface area contributed by atoms with Gasteiger partial charge in [0.25, 0.3) is 11.8 Å². The van der Waals surface area contributed by atoms with Crippen molar-refractivity contribution in [2.75, 3.05) is 18.9 Å². The first kappa shape index (κ1) is 29.6. The number of likely N-dealkylation sites (N-methyl/N-ethyl adjacent to an activating group) is 1. The largest absolute Gasteiger partial charge is 0.465 e. The second kappa shape index (κ2) is 12.8. The summed E-state index contributed by atoms with van der Waals surface area (Å²) in [6.45, 7) is 9.96. The van der Waals surface area contributed by atoms with Crippen LogP contribution in [0.4, 0.5) is 5.69 Å².